The quantitative estimate of drug-likeness (QED) is 0.734. The number of fused-ring (bicyclic) bond motifs is 1. The molecule has 0 saturated carbocycles. The van der Waals surface area contributed by atoms with Crippen molar-refractivity contribution in [1.82, 2.24) is 4.98 Å². The van der Waals surface area contributed by atoms with Crippen LogP contribution in [0.15, 0.2) is 53.0 Å². The molecule has 0 aliphatic rings. The largest absolute Gasteiger partial charge is 0.508 e. The Labute approximate surface area is 125 Å². The number of hydrogen-bond acceptors (Lipinski definition) is 3. The minimum Gasteiger partial charge on any atom is -0.508 e. The van der Waals surface area contributed by atoms with Gasteiger partial charge < -0.3 is 9.84 Å². The molecule has 4 heteroatoms. The van der Waals surface area contributed by atoms with Crippen LogP contribution in [0.1, 0.15) is 5.69 Å². The number of benzene rings is 2. The van der Waals surface area contributed by atoms with Crippen LogP contribution in [0.4, 0.5) is 0 Å². The van der Waals surface area contributed by atoms with Gasteiger partial charge >= 0.3 is 0 Å². The normalized spacial score (nSPS) is 10.7. The fourth-order valence-electron chi connectivity index (χ4n) is 1.97. The Morgan fingerprint density at radius 2 is 1.80 bits per heavy atom. The first kappa shape index (κ1) is 12.9. The van der Waals surface area contributed by atoms with Gasteiger partial charge in [0.05, 0.1) is 5.69 Å². The van der Waals surface area contributed by atoms with Crippen LogP contribution < -0.4 is 4.74 Å². The highest BCUT2D eigenvalue weighted by Gasteiger charge is 2.03. The number of halogens is 1. The summed E-state index contributed by atoms with van der Waals surface area (Å²) in [5.74, 6) is 1.48. The highest BCUT2D eigenvalue weighted by Crippen LogP contribution is 2.28. The highest BCUT2D eigenvalue weighted by atomic mass is 79.9. The molecule has 3 aromatic rings. The maximum absolute atomic E-state index is 9.52. The molecule has 0 amide bonds. The Hall–Kier alpha value is -2.07. The van der Waals surface area contributed by atoms with Crippen molar-refractivity contribution < 1.29 is 9.84 Å². The second-order valence-electron chi connectivity index (χ2n) is 4.51. The molecule has 2 aromatic carbocycles. The molecule has 0 radical (unpaired) electrons. The molecule has 1 heterocycles. The summed E-state index contributed by atoms with van der Waals surface area (Å²) in [4.78, 5) is 4.35. The molecule has 0 fully saturated rings. The topological polar surface area (TPSA) is 42.4 Å². The number of phenolic OH excluding ortho intramolecular Hbond substituents is 1. The zero-order chi connectivity index (χ0) is 14.1. The molecule has 0 spiro atoms. The fourth-order valence-corrected chi connectivity index (χ4v) is 2.20. The lowest BCUT2D eigenvalue weighted by atomic mass is 10.1. The van der Waals surface area contributed by atoms with Crippen LogP contribution in [0.3, 0.4) is 0 Å². The summed E-state index contributed by atoms with van der Waals surface area (Å²) >= 11 is 3.41. The minimum atomic E-state index is 0.243. The summed E-state index contributed by atoms with van der Waals surface area (Å²) in [5.41, 5.74) is 0.876. The van der Waals surface area contributed by atoms with Crippen LogP contribution >= 0.6 is 15.9 Å². The molecule has 20 heavy (non-hydrogen) atoms. The standard InChI is InChI=1S/C16H12BrNO2/c1-10-15(17)6-7-16(18-10)20-14-5-3-11-2-4-13(19)8-12(11)9-14/h2-9,19H,1H3. The first-order chi connectivity index (χ1) is 9.61. The molecule has 0 unspecified atom stereocenters. The molecule has 3 nitrogen and oxygen atoms in total. The lowest BCUT2D eigenvalue weighted by Crippen LogP contribution is -1.90. The predicted octanol–water partition coefficient (Wildman–Crippen LogP) is 4.80. The SMILES string of the molecule is Cc1nc(Oc2ccc3ccc(O)cc3c2)ccc1Br. The van der Waals surface area contributed by atoms with Crippen LogP contribution in [0.5, 0.6) is 17.4 Å². The number of aromatic nitrogens is 1. The number of aryl methyl sites for hydroxylation is 1. The van der Waals surface area contributed by atoms with Crippen molar-refractivity contribution >= 4 is 26.7 Å². The molecule has 0 aliphatic heterocycles. The number of nitrogens with zero attached hydrogens (tertiary/aromatic N) is 1. The minimum absolute atomic E-state index is 0.243. The Morgan fingerprint density at radius 1 is 1.00 bits per heavy atom. The summed E-state index contributed by atoms with van der Waals surface area (Å²) < 4.78 is 6.70. The number of hydrogen-bond donors (Lipinski definition) is 1. The van der Waals surface area contributed by atoms with Gasteiger partial charge in [0.1, 0.15) is 11.5 Å². The van der Waals surface area contributed by atoms with Gasteiger partial charge in [0, 0.05) is 10.5 Å². The van der Waals surface area contributed by atoms with Gasteiger partial charge in [-0.1, -0.05) is 12.1 Å². The van der Waals surface area contributed by atoms with Gasteiger partial charge in [-0.15, -0.1) is 0 Å². The number of ether oxygens (including phenoxy) is 1. The van der Waals surface area contributed by atoms with Crippen LogP contribution in [0.2, 0.25) is 0 Å². The number of phenols is 1. The van der Waals surface area contributed by atoms with Gasteiger partial charge in [-0.05, 0) is 64.0 Å². The molecular formula is C16H12BrNO2. The third-order valence-corrected chi connectivity index (χ3v) is 3.85. The summed E-state index contributed by atoms with van der Waals surface area (Å²) in [7, 11) is 0. The second kappa shape index (κ2) is 5.13. The van der Waals surface area contributed by atoms with E-state index in [0.717, 1.165) is 20.9 Å². The van der Waals surface area contributed by atoms with E-state index in [1.54, 1.807) is 12.1 Å². The fraction of sp³-hybridized carbons (Fsp3) is 0.0625. The summed E-state index contributed by atoms with van der Waals surface area (Å²) in [6.45, 7) is 1.91. The van der Waals surface area contributed by atoms with Crippen molar-refractivity contribution in [2.75, 3.05) is 0 Å². The molecule has 0 aliphatic carbocycles. The molecule has 0 atom stereocenters. The van der Waals surface area contributed by atoms with Crippen molar-refractivity contribution in [2.24, 2.45) is 0 Å². The Kier molecular flexibility index (Phi) is 3.32. The summed E-state index contributed by atoms with van der Waals surface area (Å²) in [6, 6.07) is 14.7. The number of pyridine rings is 1. The van der Waals surface area contributed by atoms with Gasteiger partial charge in [-0.25, -0.2) is 4.98 Å². The lowest BCUT2D eigenvalue weighted by Gasteiger charge is -2.07. The Bertz CT molecular complexity index is 787. The van der Waals surface area contributed by atoms with Gasteiger partial charge in [-0.3, -0.25) is 0 Å². The Morgan fingerprint density at radius 3 is 2.60 bits per heavy atom. The monoisotopic (exact) mass is 329 g/mol. The Balaban J connectivity index is 1.95. The van der Waals surface area contributed by atoms with E-state index in [1.165, 1.54) is 0 Å². The van der Waals surface area contributed by atoms with E-state index in [4.69, 9.17) is 4.74 Å². The van der Waals surface area contributed by atoms with Crippen molar-refractivity contribution in [3.8, 4) is 17.4 Å². The van der Waals surface area contributed by atoms with Crippen molar-refractivity contribution in [2.45, 2.75) is 6.92 Å². The second-order valence-corrected chi connectivity index (χ2v) is 5.37. The van der Waals surface area contributed by atoms with Gasteiger partial charge in [-0.2, -0.15) is 0 Å². The van der Waals surface area contributed by atoms with Crippen molar-refractivity contribution in [3.05, 3.63) is 58.7 Å². The smallest absolute Gasteiger partial charge is 0.219 e. The third-order valence-electron chi connectivity index (χ3n) is 3.01. The van der Waals surface area contributed by atoms with E-state index in [2.05, 4.69) is 20.9 Å². The van der Waals surface area contributed by atoms with Crippen molar-refractivity contribution in [1.29, 1.82) is 0 Å². The van der Waals surface area contributed by atoms with Crippen LogP contribution in [0.25, 0.3) is 10.8 Å². The first-order valence-electron chi connectivity index (χ1n) is 6.15. The van der Waals surface area contributed by atoms with Crippen LogP contribution in [-0.4, -0.2) is 10.1 Å². The molecule has 1 aromatic heterocycles. The lowest BCUT2D eigenvalue weighted by molar-refractivity contribution is 0.462. The van der Waals surface area contributed by atoms with E-state index in [1.807, 2.05) is 43.3 Å². The van der Waals surface area contributed by atoms with Gasteiger partial charge in [0.2, 0.25) is 5.88 Å². The first-order valence-corrected chi connectivity index (χ1v) is 6.95. The predicted molar refractivity (Wildman–Crippen MR) is 82.4 cm³/mol. The zero-order valence-corrected chi connectivity index (χ0v) is 12.4. The van der Waals surface area contributed by atoms with E-state index >= 15 is 0 Å². The van der Waals surface area contributed by atoms with Gasteiger partial charge in [0.15, 0.2) is 0 Å². The average Bonchev–Trinajstić information content (AvgIpc) is 2.42. The number of rotatable bonds is 2. The summed E-state index contributed by atoms with van der Waals surface area (Å²) in [6.07, 6.45) is 0. The molecule has 1 N–H and O–H groups in total. The van der Waals surface area contributed by atoms with E-state index in [-0.39, 0.29) is 5.75 Å². The molecule has 0 saturated heterocycles. The molecular weight excluding hydrogens is 318 g/mol. The van der Waals surface area contributed by atoms with Crippen LogP contribution in [-0.2, 0) is 0 Å². The van der Waals surface area contributed by atoms with E-state index < -0.39 is 0 Å². The molecule has 0 bridgehead atoms. The average molecular weight is 330 g/mol. The van der Waals surface area contributed by atoms with E-state index in [0.29, 0.717) is 11.6 Å². The molecule has 100 valence electrons. The molecule has 3 rings (SSSR count). The maximum Gasteiger partial charge on any atom is 0.219 e. The zero-order valence-electron chi connectivity index (χ0n) is 10.8. The van der Waals surface area contributed by atoms with Gasteiger partial charge in [0.25, 0.3) is 0 Å². The third kappa shape index (κ3) is 2.60. The van der Waals surface area contributed by atoms with Crippen molar-refractivity contribution in [3.63, 3.8) is 0 Å². The highest BCUT2D eigenvalue weighted by molar-refractivity contribution is 9.10. The van der Waals surface area contributed by atoms with E-state index in [9.17, 15) is 5.11 Å². The maximum atomic E-state index is 9.52. The van der Waals surface area contributed by atoms with Crippen LogP contribution in [0, 0.1) is 6.92 Å². The number of aromatic hydroxyl groups is 1. The summed E-state index contributed by atoms with van der Waals surface area (Å²) in [5, 5.41) is 11.5.